The zero-order chi connectivity index (χ0) is 20.7. The number of benzene rings is 1. The molecule has 3 aromatic rings. The molecule has 0 amide bonds. The van der Waals surface area contributed by atoms with Crippen molar-refractivity contribution in [1.29, 1.82) is 0 Å². The number of anilines is 2. The van der Waals surface area contributed by atoms with Gasteiger partial charge in [0.1, 0.15) is 11.4 Å². The van der Waals surface area contributed by atoms with Gasteiger partial charge in [-0.05, 0) is 55.9 Å². The average Bonchev–Trinajstić information content (AvgIpc) is 3.12. The van der Waals surface area contributed by atoms with Gasteiger partial charge in [0.25, 0.3) is 5.56 Å². The highest BCUT2D eigenvalue weighted by Crippen LogP contribution is 2.39. The largest absolute Gasteiger partial charge is 0.338 e. The first kappa shape index (κ1) is 18.9. The van der Waals surface area contributed by atoms with Crippen LogP contribution in [-0.2, 0) is 5.54 Å². The molecule has 0 aliphatic heterocycles. The fraction of sp³-hybridized carbons (Fsp3) is 0.435. The van der Waals surface area contributed by atoms with E-state index in [-0.39, 0.29) is 23.2 Å². The number of aromatic amines is 1. The molecule has 2 saturated carbocycles. The van der Waals surface area contributed by atoms with Crippen LogP contribution in [0.1, 0.15) is 56.6 Å². The third-order valence-electron chi connectivity index (χ3n) is 6.77. The quantitative estimate of drug-likeness (QED) is 0.570. The zero-order valence-corrected chi connectivity index (χ0v) is 16.9. The van der Waals surface area contributed by atoms with Crippen LogP contribution < -0.4 is 16.6 Å². The van der Waals surface area contributed by atoms with Gasteiger partial charge in [-0.3, -0.25) is 9.48 Å². The first-order valence-electron chi connectivity index (χ1n) is 10.7. The van der Waals surface area contributed by atoms with Crippen molar-refractivity contribution in [3.63, 3.8) is 0 Å². The first-order chi connectivity index (χ1) is 14.6. The number of aromatic nitrogens is 3. The van der Waals surface area contributed by atoms with Gasteiger partial charge in [0.15, 0.2) is 5.82 Å². The van der Waals surface area contributed by atoms with Crippen LogP contribution in [0.5, 0.6) is 0 Å². The lowest BCUT2D eigenvalue weighted by molar-refractivity contribution is 0.253. The number of hydrogen-bond acceptors (Lipinski definition) is 4. The molecule has 30 heavy (non-hydrogen) atoms. The van der Waals surface area contributed by atoms with Crippen LogP contribution in [-0.4, -0.2) is 20.8 Å². The van der Waals surface area contributed by atoms with Gasteiger partial charge >= 0.3 is 0 Å². The third kappa shape index (κ3) is 3.08. The second-order valence-electron chi connectivity index (χ2n) is 8.62. The normalized spacial score (nSPS) is 22.9. The third-order valence-corrected chi connectivity index (χ3v) is 6.77. The van der Waals surface area contributed by atoms with Crippen LogP contribution in [0.4, 0.5) is 11.5 Å². The lowest BCUT2D eigenvalue weighted by atomic mass is 9.73. The molecule has 1 aromatic carbocycles. The van der Waals surface area contributed by atoms with E-state index in [2.05, 4.69) is 27.3 Å². The van der Waals surface area contributed by atoms with E-state index in [9.17, 15) is 4.79 Å². The summed E-state index contributed by atoms with van der Waals surface area (Å²) >= 11 is 0. The molecule has 2 atom stereocenters. The van der Waals surface area contributed by atoms with Gasteiger partial charge in [0.2, 0.25) is 6.04 Å². The minimum absolute atomic E-state index is 0.00538. The molecular weight excluding hydrogens is 376 g/mol. The number of nitrogens with two attached hydrogens (primary N) is 1. The summed E-state index contributed by atoms with van der Waals surface area (Å²) in [6.07, 6.45) is 8.80. The van der Waals surface area contributed by atoms with Crippen molar-refractivity contribution >= 4 is 22.4 Å². The molecule has 0 bridgehead atoms. The molecule has 2 fully saturated rings. The SMILES string of the molecule is [C-]#[N+][C@H]1CCCC[C@@H]1n1nc(Nc2ccc(C3(N)CCC3)cc2)c2c(=O)[nH]ccc21. The minimum Gasteiger partial charge on any atom is -0.338 e. The summed E-state index contributed by atoms with van der Waals surface area (Å²) in [5.41, 5.74) is 8.84. The van der Waals surface area contributed by atoms with Crippen LogP contribution >= 0.6 is 0 Å². The number of hydrogen-bond donors (Lipinski definition) is 3. The van der Waals surface area contributed by atoms with E-state index in [1.54, 1.807) is 6.20 Å². The Labute approximate surface area is 175 Å². The summed E-state index contributed by atoms with van der Waals surface area (Å²) in [4.78, 5) is 19.2. The fourth-order valence-corrected chi connectivity index (χ4v) is 4.84. The molecular formula is C23H26N6O. The highest BCUT2D eigenvalue weighted by Gasteiger charge is 2.35. The van der Waals surface area contributed by atoms with Crippen molar-refractivity contribution in [2.45, 2.75) is 62.6 Å². The molecule has 0 unspecified atom stereocenters. The Morgan fingerprint density at radius 1 is 1.17 bits per heavy atom. The molecule has 0 radical (unpaired) electrons. The number of nitrogens with one attached hydrogen (secondary N) is 2. The lowest BCUT2D eigenvalue weighted by Crippen LogP contribution is -2.43. The maximum absolute atomic E-state index is 12.6. The highest BCUT2D eigenvalue weighted by atomic mass is 16.1. The molecule has 2 aliphatic rings. The van der Waals surface area contributed by atoms with Crippen molar-refractivity contribution in [1.82, 2.24) is 14.8 Å². The summed E-state index contributed by atoms with van der Waals surface area (Å²) in [6.45, 7) is 7.59. The van der Waals surface area contributed by atoms with Gasteiger partial charge in [-0.1, -0.05) is 18.6 Å². The van der Waals surface area contributed by atoms with Crippen molar-refractivity contribution in [3.05, 3.63) is 63.9 Å². The van der Waals surface area contributed by atoms with Gasteiger partial charge < -0.3 is 20.9 Å². The molecule has 7 heteroatoms. The predicted molar refractivity (Wildman–Crippen MR) is 118 cm³/mol. The first-order valence-corrected chi connectivity index (χ1v) is 10.7. The van der Waals surface area contributed by atoms with Crippen molar-refractivity contribution in [2.75, 3.05) is 5.32 Å². The summed E-state index contributed by atoms with van der Waals surface area (Å²) in [5, 5.41) is 8.64. The Morgan fingerprint density at radius 2 is 1.93 bits per heavy atom. The molecule has 0 spiro atoms. The predicted octanol–water partition coefficient (Wildman–Crippen LogP) is 4.21. The maximum atomic E-state index is 12.6. The van der Waals surface area contributed by atoms with Crippen LogP contribution in [0.15, 0.2) is 41.3 Å². The van der Waals surface area contributed by atoms with Crippen molar-refractivity contribution < 1.29 is 0 Å². The van der Waals surface area contributed by atoms with Gasteiger partial charge in [0, 0.05) is 23.8 Å². The summed E-state index contributed by atoms with van der Waals surface area (Å²) < 4.78 is 1.90. The summed E-state index contributed by atoms with van der Waals surface area (Å²) in [6, 6.07) is 9.87. The minimum atomic E-state index is -0.195. The Morgan fingerprint density at radius 3 is 2.63 bits per heavy atom. The molecule has 7 nitrogen and oxygen atoms in total. The fourth-order valence-electron chi connectivity index (χ4n) is 4.84. The van der Waals surface area contributed by atoms with E-state index in [1.165, 1.54) is 6.42 Å². The van der Waals surface area contributed by atoms with Crippen molar-refractivity contribution in [3.8, 4) is 0 Å². The monoisotopic (exact) mass is 402 g/mol. The molecule has 2 aromatic heterocycles. The molecule has 154 valence electrons. The molecule has 0 saturated heterocycles. The highest BCUT2D eigenvalue weighted by molar-refractivity contribution is 5.91. The van der Waals surface area contributed by atoms with Crippen LogP contribution in [0.3, 0.4) is 0 Å². The van der Waals surface area contributed by atoms with Gasteiger partial charge in [-0.15, -0.1) is 0 Å². The number of rotatable bonds is 4. The van der Waals surface area contributed by atoms with Crippen LogP contribution in [0, 0.1) is 6.57 Å². The van der Waals surface area contributed by atoms with Gasteiger partial charge in [-0.25, -0.2) is 6.57 Å². The number of nitrogens with zero attached hydrogens (tertiary/aromatic N) is 3. The molecule has 5 rings (SSSR count). The summed E-state index contributed by atoms with van der Waals surface area (Å²) in [5.74, 6) is 0.528. The van der Waals surface area contributed by atoms with E-state index >= 15 is 0 Å². The van der Waals surface area contributed by atoms with E-state index in [1.807, 2.05) is 22.9 Å². The number of fused-ring (bicyclic) bond motifs is 1. The Bertz CT molecular complexity index is 1170. The Balaban J connectivity index is 1.52. The van der Waals surface area contributed by atoms with E-state index in [4.69, 9.17) is 17.4 Å². The number of pyridine rings is 1. The maximum Gasteiger partial charge on any atom is 0.261 e. The zero-order valence-electron chi connectivity index (χ0n) is 16.9. The second-order valence-corrected chi connectivity index (χ2v) is 8.62. The molecule has 4 N–H and O–H groups in total. The lowest BCUT2D eigenvalue weighted by Gasteiger charge is -2.38. The Hall–Kier alpha value is -3.11. The molecule has 2 heterocycles. The van der Waals surface area contributed by atoms with E-state index in [0.29, 0.717) is 11.2 Å². The van der Waals surface area contributed by atoms with Crippen molar-refractivity contribution in [2.24, 2.45) is 5.73 Å². The van der Waals surface area contributed by atoms with E-state index < -0.39 is 0 Å². The average molecular weight is 403 g/mol. The second kappa shape index (κ2) is 7.29. The standard InChI is InChI=1S/C23H26N6O/c1-25-17-5-2-3-6-18(17)29-19-11-14-26-22(30)20(19)21(28-29)27-16-9-7-15(8-10-16)23(24)12-4-13-23/h7-11,14,17-18H,2-6,12-13,24H2,(H,26,30)(H,27,28)/t17-,18-/m0/s1. The Kier molecular flexibility index (Phi) is 4.59. The van der Waals surface area contributed by atoms with Gasteiger partial charge in [-0.2, -0.15) is 5.10 Å². The van der Waals surface area contributed by atoms with Gasteiger partial charge in [0.05, 0.1) is 5.52 Å². The van der Waals surface area contributed by atoms with Crippen LogP contribution in [0.2, 0.25) is 0 Å². The topological polar surface area (TPSA) is 93.1 Å². The number of H-pyrrole nitrogens is 1. The van der Waals surface area contributed by atoms with Crippen LogP contribution in [0.25, 0.3) is 15.7 Å². The van der Waals surface area contributed by atoms with E-state index in [0.717, 1.165) is 55.3 Å². The molecule has 2 aliphatic carbocycles. The smallest absolute Gasteiger partial charge is 0.261 e. The summed E-state index contributed by atoms with van der Waals surface area (Å²) in [7, 11) is 0.